The first-order valence-electron chi connectivity index (χ1n) is 8.44. The van der Waals surface area contributed by atoms with E-state index in [9.17, 15) is 4.79 Å². The molecule has 1 aliphatic rings. The number of amides is 1. The van der Waals surface area contributed by atoms with E-state index in [2.05, 4.69) is 34.1 Å². The van der Waals surface area contributed by atoms with Crippen molar-refractivity contribution in [3.05, 3.63) is 23.8 Å². The molecule has 0 aromatic carbocycles. The molecule has 0 radical (unpaired) electrons. The Bertz CT molecular complexity index is 749. The number of aryl methyl sites for hydroxylation is 2. The van der Waals surface area contributed by atoms with Crippen molar-refractivity contribution in [3.63, 3.8) is 0 Å². The van der Waals surface area contributed by atoms with Gasteiger partial charge >= 0.3 is 0 Å². The molecule has 1 amide bonds. The zero-order valence-corrected chi connectivity index (χ0v) is 15.2. The van der Waals surface area contributed by atoms with E-state index in [1.54, 1.807) is 24.0 Å². The summed E-state index contributed by atoms with van der Waals surface area (Å²) in [5.74, 6) is 0.690. The van der Waals surface area contributed by atoms with Crippen molar-refractivity contribution in [2.75, 3.05) is 32.8 Å². The minimum absolute atomic E-state index is 0.0136. The van der Waals surface area contributed by atoms with Gasteiger partial charge in [0.15, 0.2) is 5.69 Å². The number of hydrogen-bond acceptors (Lipinski definition) is 6. The highest BCUT2D eigenvalue weighted by atomic mass is 16.5. The third kappa shape index (κ3) is 3.91. The van der Waals surface area contributed by atoms with Crippen LogP contribution >= 0.6 is 0 Å². The highest BCUT2D eigenvalue weighted by Crippen LogP contribution is 2.21. The van der Waals surface area contributed by atoms with Crippen LogP contribution in [-0.4, -0.2) is 64.0 Å². The lowest BCUT2D eigenvalue weighted by Gasteiger charge is -2.42. The third-order valence-electron chi connectivity index (χ3n) is 4.45. The van der Waals surface area contributed by atoms with Crippen molar-refractivity contribution in [3.8, 4) is 11.5 Å². The number of nitrogens with zero attached hydrogens (tertiary/aromatic N) is 4. The van der Waals surface area contributed by atoms with E-state index >= 15 is 0 Å². The molecule has 1 saturated heterocycles. The molecule has 0 unspecified atom stereocenters. The van der Waals surface area contributed by atoms with Gasteiger partial charge in [0.25, 0.3) is 5.91 Å². The monoisotopic (exact) mass is 347 g/mol. The van der Waals surface area contributed by atoms with Crippen LogP contribution in [0.1, 0.15) is 30.1 Å². The first-order chi connectivity index (χ1) is 11.9. The number of rotatable bonds is 5. The Morgan fingerprint density at radius 3 is 2.92 bits per heavy atom. The van der Waals surface area contributed by atoms with Crippen molar-refractivity contribution < 1.29 is 13.9 Å². The molecule has 0 atom stereocenters. The molecule has 8 nitrogen and oxygen atoms in total. The number of ether oxygens (including phenoxy) is 1. The standard InChI is InChI=1S/C17H25N5O3/c1-12-14(20-16(25-12)13-9-19-21(4)10-13)15(23)18-5-6-22-7-8-24-11-17(22,2)3/h9-10H,5-8,11H2,1-4H3,(H,18,23). The first-order valence-corrected chi connectivity index (χ1v) is 8.44. The molecule has 25 heavy (non-hydrogen) atoms. The molecule has 1 fully saturated rings. The number of morpholine rings is 1. The minimum Gasteiger partial charge on any atom is -0.440 e. The van der Waals surface area contributed by atoms with Gasteiger partial charge in [-0.25, -0.2) is 4.98 Å². The fourth-order valence-electron chi connectivity index (χ4n) is 2.96. The third-order valence-corrected chi connectivity index (χ3v) is 4.45. The Kier molecular flexibility index (Phi) is 4.91. The summed E-state index contributed by atoms with van der Waals surface area (Å²) in [7, 11) is 1.82. The molecule has 3 rings (SSSR count). The Labute approximate surface area is 147 Å². The van der Waals surface area contributed by atoms with Gasteiger partial charge in [-0.3, -0.25) is 14.4 Å². The zero-order chi connectivity index (χ0) is 18.0. The summed E-state index contributed by atoms with van der Waals surface area (Å²) >= 11 is 0. The van der Waals surface area contributed by atoms with Gasteiger partial charge in [-0.1, -0.05) is 0 Å². The maximum absolute atomic E-state index is 12.4. The van der Waals surface area contributed by atoms with Crippen molar-refractivity contribution >= 4 is 5.91 Å². The van der Waals surface area contributed by atoms with Crippen LogP contribution in [0.2, 0.25) is 0 Å². The van der Waals surface area contributed by atoms with E-state index in [1.807, 2.05) is 7.05 Å². The molecule has 1 N–H and O–H groups in total. The van der Waals surface area contributed by atoms with Gasteiger partial charge in [0, 0.05) is 38.4 Å². The molecular weight excluding hydrogens is 322 g/mol. The highest BCUT2D eigenvalue weighted by molar-refractivity contribution is 5.93. The Hall–Kier alpha value is -2.19. The first kappa shape index (κ1) is 17.6. The minimum atomic E-state index is -0.220. The van der Waals surface area contributed by atoms with Gasteiger partial charge in [0.05, 0.1) is 25.0 Å². The topological polar surface area (TPSA) is 85.4 Å². The Morgan fingerprint density at radius 1 is 1.44 bits per heavy atom. The summed E-state index contributed by atoms with van der Waals surface area (Å²) in [6.07, 6.45) is 3.46. The molecular formula is C17H25N5O3. The molecule has 1 aliphatic heterocycles. The molecule has 8 heteroatoms. The average Bonchev–Trinajstić information content (AvgIpc) is 3.14. The Morgan fingerprint density at radius 2 is 2.24 bits per heavy atom. The summed E-state index contributed by atoms with van der Waals surface area (Å²) in [5.41, 5.74) is 1.06. The van der Waals surface area contributed by atoms with Crippen molar-refractivity contribution in [2.45, 2.75) is 26.3 Å². The van der Waals surface area contributed by atoms with E-state index in [0.717, 1.165) is 25.3 Å². The predicted octanol–water partition coefficient (Wildman–Crippen LogP) is 1.22. The Balaban J connectivity index is 1.59. The van der Waals surface area contributed by atoms with Gasteiger partial charge in [-0.15, -0.1) is 0 Å². The van der Waals surface area contributed by atoms with E-state index in [1.165, 1.54) is 0 Å². The second-order valence-corrected chi connectivity index (χ2v) is 6.93. The summed E-state index contributed by atoms with van der Waals surface area (Å²) < 4.78 is 12.8. The molecule has 136 valence electrons. The predicted molar refractivity (Wildman–Crippen MR) is 92.2 cm³/mol. The number of carbonyl (C=O) groups is 1. The molecule has 0 saturated carbocycles. The van der Waals surface area contributed by atoms with Crippen LogP contribution in [0.4, 0.5) is 0 Å². The summed E-state index contributed by atoms with van der Waals surface area (Å²) in [5, 5.41) is 7.02. The molecule has 0 aliphatic carbocycles. The lowest BCUT2D eigenvalue weighted by Crippen LogP contribution is -2.54. The van der Waals surface area contributed by atoms with Crippen LogP contribution in [-0.2, 0) is 11.8 Å². The normalized spacial score (nSPS) is 17.6. The fraction of sp³-hybridized carbons (Fsp3) is 0.588. The maximum atomic E-state index is 12.4. The maximum Gasteiger partial charge on any atom is 0.273 e. The summed E-state index contributed by atoms with van der Waals surface area (Å²) in [6.45, 7) is 9.67. The highest BCUT2D eigenvalue weighted by Gasteiger charge is 2.30. The van der Waals surface area contributed by atoms with Gasteiger partial charge in [-0.05, 0) is 20.8 Å². The molecule has 0 bridgehead atoms. The molecule has 3 heterocycles. The zero-order valence-electron chi connectivity index (χ0n) is 15.2. The van der Waals surface area contributed by atoms with Crippen LogP contribution in [0.3, 0.4) is 0 Å². The number of oxazole rings is 1. The van der Waals surface area contributed by atoms with E-state index in [-0.39, 0.29) is 11.4 Å². The SMILES string of the molecule is Cc1oc(-c2cnn(C)c2)nc1C(=O)NCCN1CCOCC1(C)C. The second kappa shape index (κ2) is 6.97. The largest absolute Gasteiger partial charge is 0.440 e. The summed E-state index contributed by atoms with van der Waals surface area (Å²) in [4.78, 5) is 19.1. The van der Waals surface area contributed by atoms with Gasteiger partial charge < -0.3 is 14.5 Å². The van der Waals surface area contributed by atoms with Crippen molar-refractivity contribution in [1.29, 1.82) is 0 Å². The fourth-order valence-corrected chi connectivity index (χ4v) is 2.96. The quantitative estimate of drug-likeness (QED) is 0.875. The lowest BCUT2D eigenvalue weighted by molar-refractivity contribution is -0.0498. The van der Waals surface area contributed by atoms with Crippen LogP contribution in [0, 0.1) is 6.92 Å². The smallest absolute Gasteiger partial charge is 0.273 e. The van der Waals surface area contributed by atoms with Crippen molar-refractivity contribution in [1.82, 2.24) is 25.0 Å². The van der Waals surface area contributed by atoms with E-state index < -0.39 is 0 Å². The average molecular weight is 347 g/mol. The number of aromatic nitrogens is 3. The van der Waals surface area contributed by atoms with Gasteiger partial charge in [-0.2, -0.15) is 5.10 Å². The van der Waals surface area contributed by atoms with Gasteiger partial charge in [0.2, 0.25) is 5.89 Å². The second-order valence-electron chi connectivity index (χ2n) is 6.93. The van der Waals surface area contributed by atoms with Crippen molar-refractivity contribution in [2.24, 2.45) is 7.05 Å². The lowest BCUT2D eigenvalue weighted by atomic mass is 10.0. The van der Waals surface area contributed by atoms with Crippen LogP contribution in [0.25, 0.3) is 11.5 Å². The van der Waals surface area contributed by atoms with Gasteiger partial charge in [0.1, 0.15) is 5.76 Å². The number of nitrogens with one attached hydrogen (secondary N) is 1. The van der Waals surface area contributed by atoms with Crippen LogP contribution < -0.4 is 5.32 Å². The van der Waals surface area contributed by atoms with Crippen LogP contribution in [0.15, 0.2) is 16.8 Å². The summed E-state index contributed by atoms with van der Waals surface area (Å²) in [6, 6.07) is 0. The number of hydrogen-bond donors (Lipinski definition) is 1. The number of carbonyl (C=O) groups excluding carboxylic acids is 1. The molecule has 2 aromatic heterocycles. The van der Waals surface area contributed by atoms with E-state index in [0.29, 0.717) is 30.5 Å². The van der Waals surface area contributed by atoms with E-state index in [4.69, 9.17) is 9.15 Å². The molecule has 0 spiro atoms. The molecule has 2 aromatic rings. The van der Waals surface area contributed by atoms with Crippen LogP contribution in [0.5, 0.6) is 0 Å².